The third kappa shape index (κ3) is 2.40. The molecule has 0 aliphatic carbocycles. The Kier molecular flexibility index (Phi) is 3.22. The van der Waals surface area contributed by atoms with Crippen LogP contribution in [-0.4, -0.2) is 40.4 Å². The van der Waals surface area contributed by atoms with Crippen molar-refractivity contribution in [1.29, 1.82) is 0 Å². The Balaban J connectivity index is 1.48. The number of hydrogen-bond donors (Lipinski definition) is 1. The number of fused-ring (bicyclic) bond motifs is 5. The summed E-state index contributed by atoms with van der Waals surface area (Å²) in [6.07, 6.45) is 4.12. The molecule has 5 heterocycles. The molecule has 2 aliphatic heterocycles. The molecular formula is C18H13FN8O2. The molecule has 10 nitrogen and oxygen atoms in total. The summed E-state index contributed by atoms with van der Waals surface area (Å²) in [5.41, 5.74) is 2.65. The highest BCUT2D eigenvalue weighted by Gasteiger charge is 2.30. The number of rotatable bonds is 2. The second kappa shape index (κ2) is 5.80. The number of benzene rings is 1. The van der Waals surface area contributed by atoms with E-state index in [2.05, 4.69) is 30.5 Å². The number of halogens is 1. The molecule has 1 fully saturated rings. The molecule has 0 bridgehead atoms. The number of aromatic nitrogens is 7. The smallest absolute Gasteiger partial charge is 0.249 e. The molecule has 1 amide bonds. The lowest BCUT2D eigenvalue weighted by molar-refractivity contribution is -0.119. The van der Waals surface area contributed by atoms with E-state index in [1.807, 2.05) is 4.57 Å². The van der Waals surface area contributed by atoms with Crippen LogP contribution >= 0.6 is 0 Å². The van der Waals surface area contributed by atoms with Gasteiger partial charge in [-0.05, 0) is 24.6 Å². The van der Waals surface area contributed by atoms with Crippen LogP contribution in [-0.2, 0) is 11.3 Å². The minimum atomic E-state index is -0.358. The molecule has 0 unspecified atom stereocenters. The number of amides is 1. The molecule has 0 saturated carbocycles. The van der Waals surface area contributed by atoms with Crippen molar-refractivity contribution < 1.29 is 13.7 Å². The first-order chi connectivity index (χ1) is 14.2. The average molecular weight is 392 g/mol. The first kappa shape index (κ1) is 16.1. The lowest BCUT2D eigenvalue weighted by Gasteiger charge is -2.08. The van der Waals surface area contributed by atoms with Crippen LogP contribution in [0.5, 0.6) is 0 Å². The second-order valence-corrected chi connectivity index (χ2v) is 6.93. The Bertz CT molecular complexity index is 1270. The predicted molar refractivity (Wildman–Crippen MR) is 95.0 cm³/mol. The van der Waals surface area contributed by atoms with Crippen molar-refractivity contribution in [3.63, 3.8) is 0 Å². The van der Waals surface area contributed by atoms with Gasteiger partial charge in [-0.15, -0.1) is 0 Å². The van der Waals surface area contributed by atoms with Gasteiger partial charge in [-0.25, -0.2) is 19.0 Å². The molecule has 6 rings (SSSR count). The minimum Gasteiger partial charge on any atom is -0.344 e. The van der Waals surface area contributed by atoms with Gasteiger partial charge in [-0.3, -0.25) is 9.36 Å². The number of hydrogen-bond acceptors (Lipinski definition) is 7. The molecule has 29 heavy (non-hydrogen) atoms. The van der Waals surface area contributed by atoms with Gasteiger partial charge in [0.05, 0.1) is 17.9 Å². The van der Waals surface area contributed by atoms with E-state index >= 15 is 0 Å². The van der Waals surface area contributed by atoms with E-state index in [4.69, 9.17) is 4.52 Å². The standard InChI is InChI=1S/C18H13FN8O2/c19-9-1-3-12-10(5-9)17-20-7-22-27(17)6-13-15(21-8-26(12)13)16-24-18(29-25-16)11-2-4-14(28)23-11/h1,3,5,7-8,11H,2,4,6H2,(H,23,28)/t11-/m0/s1. The molecule has 2 aliphatic rings. The van der Waals surface area contributed by atoms with E-state index in [-0.39, 0.29) is 17.8 Å². The van der Waals surface area contributed by atoms with Crippen molar-refractivity contribution in [3.05, 3.63) is 48.3 Å². The first-order valence-electron chi connectivity index (χ1n) is 9.05. The molecule has 3 aromatic heterocycles. The number of carbonyl (C=O) groups is 1. The van der Waals surface area contributed by atoms with Gasteiger partial charge in [0.15, 0.2) is 5.82 Å². The summed E-state index contributed by atoms with van der Waals surface area (Å²) in [4.78, 5) is 24.7. The molecule has 1 aromatic carbocycles. The van der Waals surface area contributed by atoms with E-state index < -0.39 is 0 Å². The van der Waals surface area contributed by atoms with E-state index in [0.717, 1.165) is 11.4 Å². The zero-order valence-electron chi connectivity index (χ0n) is 14.9. The quantitative estimate of drug-likeness (QED) is 0.485. The average Bonchev–Trinajstić information content (AvgIpc) is 3.48. The summed E-state index contributed by atoms with van der Waals surface area (Å²) in [5, 5.41) is 11.1. The third-order valence-electron chi connectivity index (χ3n) is 5.19. The molecule has 144 valence electrons. The highest BCUT2D eigenvalue weighted by Crippen LogP contribution is 2.34. The van der Waals surface area contributed by atoms with Crippen LogP contribution in [0.4, 0.5) is 4.39 Å². The van der Waals surface area contributed by atoms with Gasteiger partial charge in [0.2, 0.25) is 17.6 Å². The maximum Gasteiger partial charge on any atom is 0.249 e. The normalized spacial score (nSPS) is 17.4. The van der Waals surface area contributed by atoms with Crippen molar-refractivity contribution >= 4 is 5.91 Å². The van der Waals surface area contributed by atoms with Gasteiger partial charge in [0.1, 0.15) is 30.2 Å². The molecule has 1 atom stereocenters. The molecule has 0 spiro atoms. The van der Waals surface area contributed by atoms with Crippen LogP contribution in [0, 0.1) is 5.82 Å². The molecule has 1 saturated heterocycles. The SMILES string of the molecule is O=C1CC[C@@H](c2nc(-c3ncn4c3Cn3ncnc3-c3cc(F)ccc3-4)no2)N1. The fourth-order valence-electron chi connectivity index (χ4n) is 3.82. The van der Waals surface area contributed by atoms with Gasteiger partial charge in [0, 0.05) is 12.0 Å². The van der Waals surface area contributed by atoms with Crippen LogP contribution in [0.25, 0.3) is 28.6 Å². The lowest BCUT2D eigenvalue weighted by atomic mass is 10.1. The van der Waals surface area contributed by atoms with Crippen LogP contribution in [0.3, 0.4) is 0 Å². The van der Waals surface area contributed by atoms with Gasteiger partial charge >= 0.3 is 0 Å². The Hall–Kier alpha value is -3.89. The highest BCUT2D eigenvalue weighted by atomic mass is 19.1. The van der Waals surface area contributed by atoms with Gasteiger partial charge in [-0.1, -0.05) is 5.16 Å². The Labute approximate surface area is 162 Å². The molecular weight excluding hydrogens is 379 g/mol. The van der Waals surface area contributed by atoms with Crippen LogP contribution in [0.1, 0.15) is 30.5 Å². The Morgan fingerprint density at radius 1 is 1.28 bits per heavy atom. The Morgan fingerprint density at radius 3 is 3.07 bits per heavy atom. The van der Waals surface area contributed by atoms with Gasteiger partial charge in [-0.2, -0.15) is 10.1 Å². The fourth-order valence-corrected chi connectivity index (χ4v) is 3.82. The summed E-state index contributed by atoms with van der Waals surface area (Å²) < 4.78 is 22.8. The van der Waals surface area contributed by atoms with Gasteiger partial charge in [0.25, 0.3) is 0 Å². The Morgan fingerprint density at radius 2 is 2.21 bits per heavy atom. The van der Waals surface area contributed by atoms with Crippen molar-refractivity contribution in [2.45, 2.75) is 25.4 Å². The van der Waals surface area contributed by atoms with Gasteiger partial charge < -0.3 is 9.84 Å². The fraction of sp³-hybridized carbons (Fsp3) is 0.222. The summed E-state index contributed by atoms with van der Waals surface area (Å²) in [7, 11) is 0. The molecule has 0 radical (unpaired) electrons. The second-order valence-electron chi connectivity index (χ2n) is 6.93. The van der Waals surface area contributed by atoms with E-state index in [1.54, 1.807) is 17.1 Å². The number of imidazole rings is 1. The topological polar surface area (TPSA) is 117 Å². The molecule has 1 N–H and O–H groups in total. The highest BCUT2D eigenvalue weighted by molar-refractivity contribution is 5.78. The summed E-state index contributed by atoms with van der Waals surface area (Å²) >= 11 is 0. The number of nitrogens with zero attached hydrogens (tertiary/aromatic N) is 7. The summed E-state index contributed by atoms with van der Waals surface area (Å²) in [6.45, 7) is 0.352. The van der Waals surface area contributed by atoms with Crippen LogP contribution in [0.15, 0.2) is 35.4 Å². The zero-order chi connectivity index (χ0) is 19.5. The van der Waals surface area contributed by atoms with E-state index in [1.165, 1.54) is 18.5 Å². The summed E-state index contributed by atoms with van der Waals surface area (Å²) in [6, 6.07) is 4.22. The third-order valence-corrected chi connectivity index (χ3v) is 5.19. The molecule has 11 heteroatoms. The van der Waals surface area contributed by atoms with E-state index in [0.29, 0.717) is 48.2 Å². The van der Waals surface area contributed by atoms with Crippen LogP contribution < -0.4 is 5.32 Å². The largest absolute Gasteiger partial charge is 0.344 e. The monoisotopic (exact) mass is 392 g/mol. The van der Waals surface area contributed by atoms with Crippen LogP contribution in [0.2, 0.25) is 0 Å². The first-order valence-corrected chi connectivity index (χ1v) is 9.05. The lowest BCUT2D eigenvalue weighted by Crippen LogP contribution is -2.18. The van der Waals surface area contributed by atoms with Crippen molar-refractivity contribution in [1.82, 2.24) is 39.8 Å². The maximum absolute atomic E-state index is 13.9. The predicted octanol–water partition coefficient (Wildman–Crippen LogP) is 1.63. The van der Waals surface area contributed by atoms with Crippen molar-refractivity contribution in [2.24, 2.45) is 0 Å². The number of carbonyl (C=O) groups excluding carboxylic acids is 1. The van der Waals surface area contributed by atoms with Crippen molar-refractivity contribution in [2.75, 3.05) is 0 Å². The minimum absolute atomic E-state index is 0.0341. The molecule has 4 aromatic rings. The van der Waals surface area contributed by atoms with E-state index in [9.17, 15) is 9.18 Å². The maximum atomic E-state index is 13.9. The number of nitrogens with one attached hydrogen (secondary N) is 1. The summed E-state index contributed by atoms with van der Waals surface area (Å²) in [5.74, 6) is 0.848. The zero-order valence-corrected chi connectivity index (χ0v) is 14.9. The van der Waals surface area contributed by atoms with Crippen molar-refractivity contribution in [3.8, 4) is 28.6 Å².